The number of benzene rings is 2. The van der Waals surface area contributed by atoms with Crippen LogP contribution in [0.15, 0.2) is 65.7 Å². The lowest BCUT2D eigenvalue weighted by Gasteiger charge is -2.16. The van der Waals surface area contributed by atoms with Crippen molar-refractivity contribution in [2.45, 2.75) is 6.04 Å². The van der Waals surface area contributed by atoms with Crippen molar-refractivity contribution >= 4 is 12.0 Å². The van der Waals surface area contributed by atoms with Crippen molar-refractivity contribution in [1.29, 1.82) is 0 Å². The van der Waals surface area contributed by atoms with Crippen LogP contribution in [0.5, 0.6) is 0 Å². The van der Waals surface area contributed by atoms with E-state index < -0.39 is 0 Å². The highest BCUT2D eigenvalue weighted by Gasteiger charge is 2.19. The van der Waals surface area contributed by atoms with Crippen molar-refractivity contribution < 1.29 is 0 Å². The molecular formula is C15H14N2. The quantitative estimate of drug-likeness (QED) is 0.761. The van der Waals surface area contributed by atoms with Gasteiger partial charge < -0.3 is 4.90 Å². The third-order valence-corrected chi connectivity index (χ3v) is 3.03. The van der Waals surface area contributed by atoms with Gasteiger partial charge in [-0.15, -0.1) is 0 Å². The van der Waals surface area contributed by atoms with Crippen LogP contribution in [0, 0.1) is 0 Å². The first kappa shape index (κ1) is 10.1. The number of hydrogen-bond donors (Lipinski definition) is 0. The van der Waals surface area contributed by atoms with E-state index >= 15 is 0 Å². The summed E-state index contributed by atoms with van der Waals surface area (Å²) in [4.78, 5) is 6.76. The number of aliphatic imine (C=N–C) groups is 1. The van der Waals surface area contributed by atoms with Crippen molar-refractivity contribution in [2.24, 2.45) is 4.99 Å². The third kappa shape index (κ3) is 2.07. The number of nitrogens with zero attached hydrogens (tertiary/aromatic N) is 2. The van der Waals surface area contributed by atoms with Crippen LogP contribution in [0.1, 0.15) is 11.6 Å². The first-order valence-electron chi connectivity index (χ1n) is 5.83. The summed E-state index contributed by atoms with van der Waals surface area (Å²) in [6, 6.07) is 21.1. The average Bonchev–Trinajstić information content (AvgIpc) is 2.90. The number of anilines is 1. The summed E-state index contributed by atoms with van der Waals surface area (Å²) in [6.45, 7) is 0.925. The van der Waals surface area contributed by atoms with Gasteiger partial charge in [-0.3, -0.25) is 4.99 Å². The number of para-hydroxylation sites is 1. The Morgan fingerprint density at radius 2 is 1.53 bits per heavy atom. The first-order valence-corrected chi connectivity index (χ1v) is 5.83. The second-order valence-corrected chi connectivity index (χ2v) is 4.18. The molecule has 2 heteroatoms. The van der Waals surface area contributed by atoms with Crippen molar-refractivity contribution in [1.82, 2.24) is 0 Å². The molecule has 1 aliphatic heterocycles. The zero-order valence-corrected chi connectivity index (χ0v) is 9.53. The predicted molar refractivity (Wildman–Crippen MR) is 71.5 cm³/mol. The second kappa shape index (κ2) is 4.42. The summed E-state index contributed by atoms with van der Waals surface area (Å²) in [5.74, 6) is 0. The van der Waals surface area contributed by atoms with Gasteiger partial charge in [0.25, 0.3) is 0 Å². The summed E-state index contributed by atoms with van der Waals surface area (Å²) in [5, 5.41) is 0. The molecule has 0 aliphatic carbocycles. The van der Waals surface area contributed by atoms with E-state index in [9.17, 15) is 0 Å². The number of hydrogen-bond acceptors (Lipinski definition) is 2. The Kier molecular flexibility index (Phi) is 2.62. The Hall–Kier alpha value is -2.09. The standard InChI is InChI=1S/C15H14N2/c1-3-7-13(8-4-1)15-11-17(12-16-15)14-9-5-2-6-10-14/h1-10,12,15H,11H2. The maximum absolute atomic E-state index is 4.56. The highest BCUT2D eigenvalue weighted by Crippen LogP contribution is 2.25. The van der Waals surface area contributed by atoms with Gasteiger partial charge in [-0.25, -0.2) is 0 Å². The molecular weight excluding hydrogens is 208 g/mol. The van der Waals surface area contributed by atoms with Crippen molar-refractivity contribution in [3.63, 3.8) is 0 Å². The van der Waals surface area contributed by atoms with Gasteiger partial charge in [-0.05, 0) is 17.7 Å². The fourth-order valence-corrected chi connectivity index (χ4v) is 2.10. The monoisotopic (exact) mass is 222 g/mol. The molecule has 0 saturated carbocycles. The van der Waals surface area contributed by atoms with E-state index in [-0.39, 0.29) is 6.04 Å². The Morgan fingerprint density at radius 3 is 2.24 bits per heavy atom. The van der Waals surface area contributed by atoms with Gasteiger partial charge in [0.15, 0.2) is 0 Å². The Labute approximate surface area is 101 Å². The molecule has 0 spiro atoms. The highest BCUT2D eigenvalue weighted by atomic mass is 15.2. The normalized spacial score (nSPS) is 18.6. The maximum Gasteiger partial charge on any atom is 0.0945 e. The first-order chi connectivity index (χ1) is 8.43. The second-order valence-electron chi connectivity index (χ2n) is 4.18. The fourth-order valence-electron chi connectivity index (χ4n) is 2.10. The maximum atomic E-state index is 4.56. The molecule has 0 fully saturated rings. The van der Waals surface area contributed by atoms with Crippen LogP contribution >= 0.6 is 0 Å². The largest absolute Gasteiger partial charge is 0.330 e. The lowest BCUT2D eigenvalue weighted by atomic mass is 10.1. The molecule has 2 nitrogen and oxygen atoms in total. The van der Waals surface area contributed by atoms with Crippen molar-refractivity contribution in [2.75, 3.05) is 11.4 Å². The van der Waals surface area contributed by atoms with E-state index in [1.165, 1.54) is 11.3 Å². The Balaban J connectivity index is 1.78. The van der Waals surface area contributed by atoms with Crippen LogP contribution < -0.4 is 4.90 Å². The van der Waals surface area contributed by atoms with Gasteiger partial charge in [0.2, 0.25) is 0 Å². The van der Waals surface area contributed by atoms with E-state index in [0.29, 0.717) is 0 Å². The molecule has 2 aromatic rings. The fraction of sp³-hybridized carbons (Fsp3) is 0.133. The molecule has 0 aromatic heterocycles. The molecule has 0 bridgehead atoms. The zero-order chi connectivity index (χ0) is 11.5. The van der Waals surface area contributed by atoms with E-state index in [2.05, 4.69) is 58.4 Å². The van der Waals surface area contributed by atoms with Crippen LogP contribution in [0.4, 0.5) is 5.69 Å². The molecule has 0 saturated heterocycles. The minimum Gasteiger partial charge on any atom is -0.330 e. The molecule has 84 valence electrons. The molecule has 1 atom stereocenters. The average molecular weight is 222 g/mol. The molecule has 3 rings (SSSR count). The summed E-state index contributed by atoms with van der Waals surface area (Å²) >= 11 is 0. The van der Waals surface area contributed by atoms with Crippen LogP contribution in [0.3, 0.4) is 0 Å². The molecule has 1 unspecified atom stereocenters. The minimum atomic E-state index is 0.261. The third-order valence-electron chi connectivity index (χ3n) is 3.03. The van der Waals surface area contributed by atoms with Gasteiger partial charge in [0.05, 0.1) is 18.9 Å². The smallest absolute Gasteiger partial charge is 0.0945 e. The van der Waals surface area contributed by atoms with E-state index in [1.807, 2.05) is 18.5 Å². The lowest BCUT2D eigenvalue weighted by Crippen LogP contribution is -2.19. The lowest BCUT2D eigenvalue weighted by molar-refractivity contribution is 0.780. The summed E-state index contributed by atoms with van der Waals surface area (Å²) < 4.78 is 0. The van der Waals surface area contributed by atoms with Crippen molar-refractivity contribution in [3.05, 3.63) is 66.2 Å². The van der Waals surface area contributed by atoms with Crippen LogP contribution in [-0.4, -0.2) is 12.9 Å². The van der Waals surface area contributed by atoms with Crippen molar-refractivity contribution in [3.8, 4) is 0 Å². The van der Waals surface area contributed by atoms with E-state index in [0.717, 1.165) is 6.54 Å². The summed E-state index contributed by atoms with van der Waals surface area (Å²) in [7, 11) is 0. The van der Waals surface area contributed by atoms with Crippen LogP contribution in [0.25, 0.3) is 0 Å². The van der Waals surface area contributed by atoms with Gasteiger partial charge in [-0.1, -0.05) is 48.5 Å². The van der Waals surface area contributed by atoms with Gasteiger partial charge >= 0.3 is 0 Å². The molecule has 2 aromatic carbocycles. The molecule has 1 aliphatic rings. The van der Waals surface area contributed by atoms with Crippen LogP contribution in [-0.2, 0) is 0 Å². The van der Waals surface area contributed by atoms with Gasteiger partial charge in [0, 0.05) is 5.69 Å². The topological polar surface area (TPSA) is 15.6 Å². The van der Waals surface area contributed by atoms with Crippen LogP contribution in [0.2, 0.25) is 0 Å². The predicted octanol–water partition coefficient (Wildman–Crippen LogP) is 3.28. The molecule has 0 radical (unpaired) electrons. The molecule has 0 amide bonds. The molecule has 0 N–H and O–H groups in total. The number of rotatable bonds is 2. The Bertz CT molecular complexity index is 457. The van der Waals surface area contributed by atoms with E-state index in [4.69, 9.17) is 0 Å². The summed E-state index contributed by atoms with van der Waals surface area (Å²) in [5.41, 5.74) is 2.48. The Morgan fingerprint density at radius 1 is 0.882 bits per heavy atom. The van der Waals surface area contributed by atoms with Gasteiger partial charge in [-0.2, -0.15) is 0 Å². The minimum absolute atomic E-state index is 0.261. The van der Waals surface area contributed by atoms with E-state index in [1.54, 1.807) is 0 Å². The highest BCUT2D eigenvalue weighted by molar-refractivity contribution is 5.81. The zero-order valence-electron chi connectivity index (χ0n) is 9.53. The van der Waals surface area contributed by atoms with Gasteiger partial charge in [0.1, 0.15) is 0 Å². The summed E-state index contributed by atoms with van der Waals surface area (Å²) in [6.07, 6.45) is 1.94. The SMILES string of the molecule is C1=NC(c2ccccc2)CN1c1ccccc1. The molecule has 1 heterocycles. The molecule has 17 heavy (non-hydrogen) atoms.